The van der Waals surface area contributed by atoms with Crippen molar-refractivity contribution in [2.45, 2.75) is 18.5 Å². The molecule has 31 heavy (non-hydrogen) atoms. The first-order valence-electron chi connectivity index (χ1n) is 10.1. The lowest BCUT2D eigenvalue weighted by molar-refractivity contribution is -0.128. The number of nitrogens with one attached hydrogen (secondary N) is 1. The van der Waals surface area contributed by atoms with Gasteiger partial charge in [0, 0.05) is 39.3 Å². The average Bonchev–Trinajstić information content (AvgIpc) is 2.80. The van der Waals surface area contributed by atoms with E-state index >= 15 is 0 Å². The molecule has 0 aromatic heterocycles. The van der Waals surface area contributed by atoms with Crippen molar-refractivity contribution in [2.75, 3.05) is 20.6 Å². The number of carbonyl (C=O) groups is 1. The predicted octanol–water partition coefficient (Wildman–Crippen LogP) is 2.60. The number of fused-ring (bicyclic) bond motifs is 1. The van der Waals surface area contributed by atoms with E-state index in [1.165, 1.54) is 12.1 Å². The van der Waals surface area contributed by atoms with Crippen LogP contribution in [0.1, 0.15) is 28.7 Å². The average molecular weight is 422 g/mol. The van der Waals surface area contributed by atoms with Crippen molar-refractivity contribution in [3.05, 3.63) is 94.6 Å². The Kier molecular flexibility index (Phi) is 7.20. The zero-order valence-electron chi connectivity index (χ0n) is 17.8. The standard InChI is InChI=1S/C24H28FN5O/c1-28-13-18(12-26)21-15-30(14-17-5-3-4-6-20(17)21)24(31)23(29-2)11-22(27)16-7-9-19(25)10-8-16/h3-13,21-22,29H,14-15,26-27H2,1-2H3/b18-12?,23-11-,28-13?/t21-,22?/m0/s1. The first-order valence-corrected chi connectivity index (χ1v) is 10.1. The van der Waals surface area contributed by atoms with Crippen LogP contribution in [0.2, 0.25) is 0 Å². The van der Waals surface area contributed by atoms with E-state index in [0.717, 1.165) is 22.3 Å². The molecule has 162 valence electrons. The SMILES string of the molecule is CN=CC(=CN)[C@@H]1CN(C(=O)/C(=C/C(N)c2ccc(F)cc2)NC)Cc2ccccc21. The van der Waals surface area contributed by atoms with Gasteiger partial charge in [-0.2, -0.15) is 0 Å². The van der Waals surface area contributed by atoms with Crippen LogP contribution in [0.3, 0.4) is 0 Å². The third kappa shape index (κ3) is 5.00. The van der Waals surface area contributed by atoms with Crippen LogP contribution in [0.5, 0.6) is 0 Å². The normalized spacial score (nSPS) is 18.1. The van der Waals surface area contributed by atoms with Crippen molar-refractivity contribution in [2.24, 2.45) is 16.5 Å². The molecule has 2 aromatic carbocycles. The molecular weight excluding hydrogens is 393 g/mol. The van der Waals surface area contributed by atoms with Gasteiger partial charge in [-0.25, -0.2) is 4.39 Å². The Morgan fingerprint density at radius 2 is 1.97 bits per heavy atom. The van der Waals surface area contributed by atoms with Crippen molar-refractivity contribution in [3.63, 3.8) is 0 Å². The Morgan fingerprint density at radius 1 is 1.26 bits per heavy atom. The van der Waals surface area contributed by atoms with Gasteiger partial charge in [-0.15, -0.1) is 0 Å². The molecule has 2 aromatic rings. The van der Waals surface area contributed by atoms with Crippen LogP contribution in [-0.2, 0) is 11.3 Å². The molecule has 3 rings (SSSR count). The third-order valence-corrected chi connectivity index (χ3v) is 5.46. The number of amides is 1. The van der Waals surface area contributed by atoms with Gasteiger partial charge in [0.05, 0.1) is 11.7 Å². The molecule has 0 fully saturated rings. The van der Waals surface area contributed by atoms with Crippen LogP contribution < -0.4 is 16.8 Å². The molecule has 1 aliphatic rings. The number of aliphatic imine (C=N–C) groups is 1. The Bertz CT molecular complexity index is 1010. The lowest BCUT2D eigenvalue weighted by Crippen LogP contribution is -2.42. The zero-order chi connectivity index (χ0) is 22.4. The van der Waals surface area contributed by atoms with E-state index in [1.807, 2.05) is 18.2 Å². The van der Waals surface area contributed by atoms with Gasteiger partial charge in [-0.1, -0.05) is 36.4 Å². The van der Waals surface area contributed by atoms with Crippen LogP contribution >= 0.6 is 0 Å². The van der Waals surface area contributed by atoms with Crippen LogP contribution in [-0.4, -0.2) is 37.7 Å². The smallest absolute Gasteiger partial charge is 0.269 e. The maximum absolute atomic E-state index is 13.4. The molecule has 1 unspecified atom stereocenters. The number of hydrogen-bond acceptors (Lipinski definition) is 5. The third-order valence-electron chi connectivity index (χ3n) is 5.46. The molecule has 7 heteroatoms. The second kappa shape index (κ2) is 10.0. The summed E-state index contributed by atoms with van der Waals surface area (Å²) >= 11 is 0. The van der Waals surface area contributed by atoms with E-state index in [9.17, 15) is 9.18 Å². The van der Waals surface area contributed by atoms with Gasteiger partial charge in [-0.05, 0) is 46.7 Å². The number of halogens is 1. The molecule has 0 aliphatic carbocycles. The second-order valence-corrected chi connectivity index (χ2v) is 7.40. The molecule has 1 heterocycles. The van der Waals surface area contributed by atoms with Crippen molar-refractivity contribution < 1.29 is 9.18 Å². The van der Waals surface area contributed by atoms with Crippen LogP contribution in [0.15, 0.2) is 77.1 Å². The van der Waals surface area contributed by atoms with E-state index in [4.69, 9.17) is 11.5 Å². The number of nitrogens with two attached hydrogens (primary N) is 2. The molecule has 1 amide bonds. The van der Waals surface area contributed by atoms with Gasteiger partial charge in [-0.3, -0.25) is 9.79 Å². The summed E-state index contributed by atoms with van der Waals surface area (Å²) in [7, 11) is 3.38. The number of rotatable bonds is 6. The highest BCUT2D eigenvalue weighted by Gasteiger charge is 2.31. The van der Waals surface area contributed by atoms with Gasteiger partial charge >= 0.3 is 0 Å². The predicted molar refractivity (Wildman–Crippen MR) is 122 cm³/mol. The van der Waals surface area contributed by atoms with Crippen molar-refractivity contribution in [1.29, 1.82) is 0 Å². The maximum Gasteiger partial charge on any atom is 0.269 e. The summed E-state index contributed by atoms with van der Waals surface area (Å²) in [4.78, 5) is 19.3. The molecule has 0 saturated heterocycles. The lowest BCUT2D eigenvalue weighted by atomic mass is 9.85. The quantitative estimate of drug-likeness (QED) is 0.493. The highest BCUT2D eigenvalue weighted by molar-refractivity contribution is 5.93. The van der Waals surface area contributed by atoms with Gasteiger partial charge < -0.3 is 21.7 Å². The second-order valence-electron chi connectivity index (χ2n) is 7.40. The Morgan fingerprint density at radius 3 is 2.61 bits per heavy atom. The summed E-state index contributed by atoms with van der Waals surface area (Å²) in [5.74, 6) is -0.571. The number of nitrogens with zero attached hydrogens (tertiary/aromatic N) is 2. The highest BCUT2D eigenvalue weighted by Crippen LogP contribution is 2.33. The van der Waals surface area contributed by atoms with Gasteiger partial charge in [0.25, 0.3) is 5.91 Å². The number of hydrogen-bond donors (Lipinski definition) is 3. The summed E-state index contributed by atoms with van der Waals surface area (Å²) in [6, 6.07) is 13.4. The molecule has 0 spiro atoms. The summed E-state index contributed by atoms with van der Waals surface area (Å²) < 4.78 is 13.2. The van der Waals surface area contributed by atoms with E-state index in [2.05, 4.69) is 16.4 Å². The van der Waals surface area contributed by atoms with E-state index in [0.29, 0.717) is 18.8 Å². The Labute approximate surface area is 182 Å². The summed E-state index contributed by atoms with van der Waals surface area (Å²) in [5, 5.41) is 2.97. The van der Waals surface area contributed by atoms with E-state index < -0.39 is 6.04 Å². The molecule has 1 aliphatic heterocycles. The maximum atomic E-state index is 13.4. The fourth-order valence-electron chi connectivity index (χ4n) is 3.84. The van der Waals surface area contributed by atoms with Gasteiger partial charge in [0.2, 0.25) is 0 Å². The molecule has 0 saturated carbocycles. The van der Waals surface area contributed by atoms with Crippen molar-refractivity contribution in [1.82, 2.24) is 10.2 Å². The minimum atomic E-state index is -0.549. The van der Waals surface area contributed by atoms with Crippen molar-refractivity contribution in [3.8, 4) is 0 Å². The molecule has 6 nitrogen and oxygen atoms in total. The summed E-state index contributed by atoms with van der Waals surface area (Å²) in [6.45, 7) is 0.952. The highest BCUT2D eigenvalue weighted by atomic mass is 19.1. The fraction of sp³-hybridized carbons (Fsp3) is 0.250. The minimum Gasteiger partial charge on any atom is -0.404 e. The monoisotopic (exact) mass is 421 g/mol. The van der Waals surface area contributed by atoms with E-state index in [1.54, 1.807) is 49.6 Å². The molecular formula is C24H28FN5O. The summed E-state index contributed by atoms with van der Waals surface area (Å²) in [6.07, 6.45) is 4.94. The molecule has 2 atom stereocenters. The minimum absolute atomic E-state index is 0.0773. The van der Waals surface area contributed by atoms with E-state index in [-0.39, 0.29) is 17.6 Å². The Hall–Kier alpha value is -3.45. The largest absolute Gasteiger partial charge is 0.404 e. The number of carbonyl (C=O) groups excluding carboxylic acids is 1. The number of benzene rings is 2. The van der Waals surface area contributed by atoms with Crippen LogP contribution in [0, 0.1) is 5.82 Å². The fourth-order valence-corrected chi connectivity index (χ4v) is 3.84. The summed E-state index contributed by atoms with van der Waals surface area (Å²) in [5.41, 5.74) is 16.3. The topological polar surface area (TPSA) is 96.7 Å². The molecule has 0 radical (unpaired) electrons. The first-order chi connectivity index (χ1) is 15.0. The Balaban J connectivity index is 1.90. The van der Waals surface area contributed by atoms with Crippen LogP contribution in [0.25, 0.3) is 0 Å². The zero-order valence-corrected chi connectivity index (χ0v) is 17.8. The van der Waals surface area contributed by atoms with Gasteiger partial charge in [0.1, 0.15) is 5.82 Å². The molecule has 5 N–H and O–H groups in total. The van der Waals surface area contributed by atoms with Gasteiger partial charge in [0.15, 0.2) is 0 Å². The van der Waals surface area contributed by atoms with Crippen molar-refractivity contribution >= 4 is 12.1 Å². The van der Waals surface area contributed by atoms with Crippen LogP contribution in [0.4, 0.5) is 4.39 Å². The number of likely N-dealkylation sites (N-methyl/N-ethyl adjacent to an activating group) is 1. The first kappa shape index (κ1) is 22.2. The lowest BCUT2D eigenvalue weighted by Gasteiger charge is -2.35. The molecule has 0 bridgehead atoms.